The molecule has 1 aromatic carbocycles. The number of hydrogen-bond donors (Lipinski definition) is 0. The lowest BCUT2D eigenvalue weighted by Gasteiger charge is -2.24. The summed E-state index contributed by atoms with van der Waals surface area (Å²) in [4.78, 5) is 4.15. The third-order valence-electron chi connectivity index (χ3n) is 3.91. The molecule has 2 heterocycles. The van der Waals surface area contributed by atoms with Crippen LogP contribution in [0, 0.1) is 0 Å². The molecule has 0 bridgehead atoms. The Bertz CT molecular complexity index is 714. The molecule has 1 fully saturated rings. The first kappa shape index (κ1) is 16.1. The molecule has 1 saturated heterocycles. The standard InChI is InChI=1S/C17H20N2O3S/c20-23(21,17-9-4-10-18-12-17)19(14-16-8-5-11-22-16)13-15-6-2-1-3-7-15/h1-4,6-7,9-10,12,16H,5,8,11,13-14H2. The molecule has 1 aromatic heterocycles. The van der Waals surface area contributed by atoms with Gasteiger partial charge in [0, 0.05) is 32.1 Å². The van der Waals surface area contributed by atoms with Crippen LogP contribution in [0.3, 0.4) is 0 Å². The summed E-state index contributed by atoms with van der Waals surface area (Å²) in [7, 11) is -3.60. The summed E-state index contributed by atoms with van der Waals surface area (Å²) >= 11 is 0. The van der Waals surface area contributed by atoms with Crippen molar-refractivity contribution in [3.05, 3.63) is 60.4 Å². The van der Waals surface area contributed by atoms with E-state index in [4.69, 9.17) is 4.74 Å². The van der Waals surface area contributed by atoms with Gasteiger partial charge in [-0.25, -0.2) is 8.42 Å². The summed E-state index contributed by atoms with van der Waals surface area (Å²) in [6, 6.07) is 12.8. The Labute approximate surface area is 137 Å². The van der Waals surface area contributed by atoms with Crippen LogP contribution >= 0.6 is 0 Å². The minimum absolute atomic E-state index is 0.0369. The maximum atomic E-state index is 13.0. The van der Waals surface area contributed by atoms with E-state index in [1.54, 1.807) is 18.3 Å². The molecular formula is C17H20N2O3S. The Kier molecular flexibility index (Phi) is 5.05. The first-order valence-electron chi connectivity index (χ1n) is 7.72. The van der Waals surface area contributed by atoms with Crippen molar-refractivity contribution >= 4 is 10.0 Å². The number of benzene rings is 1. The van der Waals surface area contributed by atoms with Gasteiger partial charge < -0.3 is 4.74 Å². The van der Waals surface area contributed by atoms with Crippen LogP contribution in [0.25, 0.3) is 0 Å². The van der Waals surface area contributed by atoms with Crippen LogP contribution in [0.1, 0.15) is 18.4 Å². The fraction of sp³-hybridized carbons (Fsp3) is 0.353. The number of sulfonamides is 1. The molecule has 0 amide bonds. The molecule has 5 nitrogen and oxygen atoms in total. The third kappa shape index (κ3) is 3.96. The highest BCUT2D eigenvalue weighted by Gasteiger charge is 2.29. The summed E-state index contributed by atoms with van der Waals surface area (Å²) in [5, 5.41) is 0. The molecule has 0 aliphatic carbocycles. The second-order valence-corrected chi connectivity index (χ2v) is 7.54. The maximum absolute atomic E-state index is 13.0. The topological polar surface area (TPSA) is 59.5 Å². The van der Waals surface area contributed by atoms with Gasteiger partial charge in [-0.3, -0.25) is 4.98 Å². The number of aromatic nitrogens is 1. The second kappa shape index (κ2) is 7.21. The van der Waals surface area contributed by atoms with Gasteiger partial charge in [0.15, 0.2) is 0 Å². The molecule has 122 valence electrons. The Balaban J connectivity index is 1.87. The van der Waals surface area contributed by atoms with Gasteiger partial charge in [0.2, 0.25) is 10.0 Å². The van der Waals surface area contributed by atoms with Gasteiger partial charge in [0.25, 0.3) is 0 Å². The molecule has 0 saturated carbocycles. The molecule has 2 aromatic rings. The normalized spacial score (nSPS) is 18.4. The van der Waals surface area contributed by atoms with Gasteiger partial charge in [0.05, 0.1) is 6.10 Å². The van der Waals surface area contributed by atoms with Crippen LogP contribution in [0.15, 0.2) is 59.8 Å². The van der Waals surface area contributed by atoms with Crippen molar-refractivity contribution in [2.45, 2.75) is 30.4 Å². The summed E-state index contributed by atoms with van der Waals surface area (Å²) in [6.07, 6.45) is 4.80. The SMILES string of the molecule is O=S(=O)(c1cccnc1)N(Cc1ccccc1)CC1CCCO1. The molecular weight excluding hydrogens is 312 g/mol. The van der Waals surface area contributed by atoms with E-state index < -0.39 is 10.0 Å². The van der Waals surface area contributed by atoms with Gasteiger partial charge in [-0.05, 0) is 30.5 Å². The average Bonchev–Trinajstić information content (AvgIpc) is 3.09. The van der Waals surface area contributed by atoms with Crippen molar-refractivity contribution in [2.24, 2.45) is 0 Å². The van der Waals surface area contributed by atoms with Gasteiger partial charge in [-0.15, -0.1) is 0 Å². The third-order valence-corrected chi connectivity index (χ3v) is 5.70. The quantitative estimate of drug-likeness (QED) is 0.815. The average molecular weight is 332 g/mol. The fourth-order valence-corrected chi connectivity index (χ4v) is 4.12. The van der Waals surface area contributed by atoms with Gasteiger partial charge >= 0.3 is 0 Å². The molecule has 23 heavy (non-hydrogen) atoms. The maximum Gasteiger partial charge on any atom is 0.244 e. The lowest BCUT2D eigenvalue weighted by atomic mass is 10.2. The largest absolute Gasteiger partial charge is 0.377 e. The fourth-order valence-electron chi connectivity index (χ4n) is 2.70. The molecule has 0 radical (unpaired) electrons. The zero-order valence-corrected chi connectivity index (χ0v) is 13.7. The molecule has 0 N–H and O–H groups in total. The minimum atomic E-state index is -3.60. The van der Waals surface area contributed by atoms with Crippen LogP contribution in [0.2, 0.25) is 0 Å². The molecule has 0 spiro atoms. The van der Waals surface area contributed by atoms with Crippen LogP contribution in [0.4, 0.5) is 0 Å². The number of rotatable bonds is 6. The van der Waals surface area contributed by atoms with E-state index in [2.05, 4.69) is 4.98 Å². The van der Waals surface area contributed by atoms with E-state index in [1.807, 2.05) is 30.3 Å². The summed E-state index contributed by atoms with van der Waals surface area (Å²) in [5.41, 5.74) is 0.956. The van der Waals surface area contributed by atoms with Gasteiger partial charge in [-0.2, -0.15) is 4.31 Å². The van der Waals surface area contributed by atoms with E-state index in [1.165, 1.54) is 10.5 Å². The number of ether oxygens (including phenoxy) is 1. The first-order valence-corrected chi connectivity index (χ1v) is 9.16. The number of nitrogens with zero attached hydrogens (tertiary/aromatic N) is 2. The van der Waals surface area contributed by atoms with E-state index in [-0.39, 0.29) is 11.0 Å². The van der Waals surface area contributed by atoms with Crippen molar-refractivity contribution in [1.29, 1.82) is 0 Å². The number of hydrogen-bond acceptors (Lipinski definition) is 4. The highest BCUT2D eigenvalue weighted by atomic mass is 32.2. The smallest absolute Gasteiger partial charge is 0.244 e. The van der Waals surface area contributed by atoms with Crippen LogP contribution in [0.5, 0.6) is 0 Å². The van der Waals surface area contributed by atoms with Crippen molar-refractivity contribution in [1.82, 2.24) is 9.29 Å². The summed E-state index contributed by atoms with van der Waals surface area (Å²) in [5.74, 6) is 0. The van der Waals surface area contributed by atoms with E-state index in [9.17, 15) is 8.42 Å². The Hall–Kier alpha value is -1.76. The lowest BCUT2D eigenvalue weighted by molar-refractivity contribution is 0.0926. The van der Waals surface area contributed by atoms with Gasteiger partial charge in [-0.1, -0.05) is 30.3 Å². The van der Waals surface area contributed by atoms with Crippen LogP contribution in [-0.2, 0) is 21.3 Å². The number of pyridine rings is 1. The van der Waals surface area contributed by atoms with Gasteiger partial charge in [0.1, 0.15) is 4.90 Å². The molecule has 1 atom stereocenters. The lowest BCUT2D eigenvalue weighted by Crippen LogP contribution is -2.37. The second-order valence-electron chi connectivity index (χ2n) is 5.61. The molecule has 1 aliphatic rings. The molecule has 3 rings (SSSR count). The molecule has 1 unspecified atom stereocenters. The summed E-state index contributed by atoms with van der Waals surface area (Å²) < 4.78 is 33.0. The predicted molar refractivity (Wildman–Crippen MR) is 87.2 cm³/mol. The van der Waals surface area contributed by atoms with Crippen LogP contribution < -0.4 is 0 Å². The summed E-state index contributed by atoms with van der Waals surface area (Å²) in [6.45, 7) is 1.40. The van der Waals surface area contributed by atoms with E-state index in [0.717, 1.165) is 18.4 Å². The van der Waals surface area contributed by atoms with Crippen molar-refractivity contribution < 1.29 is 13.2 Å². The Morgan fingerprint density at radius 1 is 1.17 bits per heavy atom. The van der Waals surface area contributed by atoms with Crippen molar-refractivity contribution in [3.8, 4) is 0 Å². The Morgan fingerprint density at radius 2 is 2.00 bits per heavy atom. The molecule has 1 aliphatic heterocycles. The van der Waals surface area contributed by atoms with Crippen LogP contribution in [-0.4, -0.2) is 37.0 Å². The molecule has 6 heteroatoms. The van der Waals surface area contributed by atoms with Crippen molar-refractivity contribution in [2.75, 3.05) is 13.2 Å². The van der Waals surface area contributed by atoms with Crippen molar-refractivity contribution in [3.63, 3.8) is 0 Å². The zero-order chi connectivity index (χ0) is 16.1. The van der Waals surface area contributed by atoms with E-state index in [0.29, 0.717) is 19.7 Å². The monoisotopic (exact) mass is 332 g/mol. The Morgan fingerprint density at radius 3 is 2.65 bits per heavy atom. The minimum Gasteiger partial charge on any atom is -0.377 e. The van der Waals surface area contributed by atoms with E-state index >= 15 is 0 Å². The predicted octanol–water partition coefficient (Wildman–Crippen LogP) is 2.45. The highest BCUT2D eigenvalue weighted by Crippen LogP contribution is 2.21. The highest BCUT2D eigenvalue weighted by molar-refractivity contribution is 7.89. The first-order chi connectivity index (χ1) is 11.2. The zero-order valence-electron chi connectivity index (χ0n) is 12.8.